The zero-order valence-electron chi connectivity index (χ0n) is 10.4. The minimum Gasteiger partial charge on any atom is -0.444 e. The highest BCUT2D eigenvalue weighted by Crippen LogP contribution is 2.30. The fraction of sp³-hybridized carbons (Fsp3) is 0.385. The lowest BCUT2D eigenvalue weighted by Crippen LogP contribution is -2.15. The summed E-state index contributed by atoms with van der Waals surface area (Å²) in [6.07, 6.45) is 2.90. The van der Waals surface area contributed by atoms with Crippen molar-refractivity contribution >= 4 is 27.7 Å². The van der Waals surface area contributed by atoms with Crippen LogP contribution in [-0.2, 0) is 12.8 Å². The van der Waals surface area contributed by atoms with Crippen LogP contribution < -0.4 is 5.32 Å². The molecule has 0 saturated carbocycles. The van der Waals surface area contributed by atoms with E-state index in [1.54, 1.807) is 12.1 Å². The molecule has 1 atom stereocenters. The largest absolute Gasteiger partial charge is 0.444 e. The zero-order chi connectivity index (χ0) is 13.4. The third-order valence-electron chi connectivity index (χ3n) is 3.32. The summed E-state index contributed by atoms with van der Waals surface area (Å²) in [5.41, 5.74) is 1.96. The standard InChI is InChI=1S/C13H13BrN2O3/c1-7-2-3-9-8(6-7)13(19-16-9)15-12(17)10-4-5-11(14)18-10/h4-5,7H,2-3,6H2,1H3,(H,15,17). The number of halogens is 1. The Morgan fingerprint density at radius 3 is 3.11 bits per heavy atom. The van der Waals surface area contributed by atoms with E-state index in [0.29, 0.717) is 16.5 Å². The summed E-state index contributed by atoms with van der Waals surface area (Å²) in [7, 11) is 0. The van der Waals surface area contributed by atoms with E-state index >= 15 is 0 Å². The van der Waals surface area contributed by atoms with Crippen molar-refractivity contribution in [3.05, 3.63) is 33.8 Å². The number of hydrogen-bond acceptors (Lipinski definition) is 4. The van der Waals surface area contributed by atoms with Gasteiger partial charge in [-0.3, -0.25) is 10.1 Å². The molecule has 0 radical (unpaired) electrons. The minimum absolute atomic E-state index is 0.237. The number of furan rings is 1. The third-order valence-corrected chi connectivity index (χ3v) is 3.75. The van der Waals surface area contributed by atoms with Crippen molar-refractivity contribution in [3.8, 4) is 0 Å². The Morgan fingerprint density at radius 1 is 1.53 bits per heavy atom. The van der Waals surface area contributed by atoms with Crippen LogP contribution in [0.4, 0.5) is 5.88 Å². The molecule has 1 amide bonds. The SMILES string of the molecule is CC1CCc2noc(NC(=O)c3ccc(Br)o3)c2C1. The van der Waals surface area contributed by atoms with E-state index in [-0.39, 0.29) is 11.7 Å². The number of carbonyl (C=O) groups excluding carboxylic acids is 1. The average molecular weight is 325 g/mol. The number of hydrogen-bond donors (Lipinski definition) is 1. The molecule has 0 bridgehead atoms. The van der Waals surface area contributed by atoms with Crippen LogP contribution in [0.1, 0.15) is 35.2 Å². The molecule has 0 fully saturated rings. The molecule has 2 aromatic rings. The zero-order valence-corrected chi connectivity index (χ0v) is 12.0. The van der Waals surface area contributed by atoms with Gasteiger partial charge in [0, 0.05) is 5.56 Å². The second-order valence-corrected chi connectivity index (χ2v) is 5.62. The predicted octanol–water partition coefficient (Wildman–Crippen LogP) is 3.41. The van der Waals surface area contributed by atoms with Gasteiger partial charge in [-0.1, -0.05) is 12.1 Å². The number of aryl methyl sites for hydroxylation is 1. The average Bonchev–Trinajstić information content (AvgIpc) is 2.97. The predicted molar refractivity (Wildman–Crippen MR) is 72.1 cm³/mol. The Kier molecular flexibility index (Phi) is 3.18. The van der Waals surface area contributed by atoms with Crippen LogP contribution in [0, 0.1) is 5.92 Å². The molecular weight excluding hydrogens is 312 g/mol. The van der Waals surface area contributed by atoms with E-state index in [0.717, 1.165) is 30.5 Å². The smallest absolute Gasteiger partial charge is 0.293 e. The number of amides is 1. The maximum Gasteiger partial charge on any atom is 0.293 e. The first kappa shape index (κ1) is 12.5. The van der Waals surface area contributed by atoms with Gasteiger partial charge in [-0.05, 0) is 53.2 Å². The lowest BCUT2D eigenvalue weighted by Gasteiger charge is -2.16. The number of fused-ring (bicyclic) bond motifs is 1. The van der Waals surface area contributed by atoms with Crippen molar-refractivity contribution in [2.45, 2.75) is 26.2 Å². The maximum absolute atomic E-state index is 12.0. The van der Waals surface area contributed by atoms with Gasteiger partial charge < -0.3 is 8.94 Å². The highest BCUT2D eigenvalue weighted by atomic mass is 79.9. The van der Waals surface area contributed by atoms with E-state index < -0.39 is 0 Å². The molecule has 3 rings (SSSR count). The fourth-order valence-electron chi connectivity index (χ4n) is 2.28. The van der Waals surface area contributed by atoms with Gasteiger partial charge in [-0.15, -0.1) is 0 Å². The molecule has 19 heavy (non-hydrogen) atoms. The van der Waals surface area contributed by atoms with E-state index in [1.807, 2.05) is 0 Å². The van der Waals surface area contributed by atoms with Gasteiger partial charge in [-0.25, -0.2) is 0 Å². The first-order valence-corrected chi connectivity index (χ1v) is 6.97. The number of anilines is 1. The normalized spacial score (nSPS) is 18.1. The van der Waals surface area contributed by atoms with Gasteiger partial charge in [0.15, 0.2) is 10.4 Å². The number of nitrogens with zero attached hydrogens (tertiary/aromatic N) is 1. The molecule has 1 unspecified atom stereocenters. The van der Waals surface area contributed by atoms with Crippen LogP contribution in [0.3, 0.4) is 0 Å². The van der Waals surface area contributed by atoms with Crippen LogP contribution >= 0.6 is 15.9 Å². The molecule has 6 heteroatoms. The van der Waals surface area contributed by atoms with Gasteiger partial charge in [-0.2, -0.15) is 0 Å². The van der Waals surface area contributed by atoms with Gasteiger partial charge in [0.1, 0.15) is 0 Å². The minimum atomic E-state index is -0.331. The Bertz CT molecular complexity index is 617. The van der Waals surface area contributed by atoms with Gasteiger partial charge in [0.25, 0.3) is 5.91 Å². The first-order chi connectivity index (χ1) is 9.13. The van der Waals surface area contributed by atoms with Crippen molar-refractivity contribution in [2.24, 2.45) is 5.92 Å². The number of nitrogens with one attached hydrogen (secondary N) is 1. The van der Waals surface area contributed by atoms with Gasteiger partial charge >= 0.3 is 0 Å². The van der Waals surface area contributed by atoms with Gasteiger partial charge in [0.2, 0.25) is 5.88 Å². The quantitative estimate of drug-likeness (QED) is 0.919. The molecule has 100 valence electrons. The number of rotatable bonds is 2. The van der Waals surface area contributed by atoms with Crippen LogP contribution in [0.5, 0.6) is 0 Å². The second-order valence-electron chi connectivity index (χ2n) is 4.84. The van der Waals surface area contributed by atoms with E-state index in [4.69, 9.17) is 8.94 Å². The molecule has 5 nitrogen and oxygen atoms in total. The van der Waals surface area contributed by atoms with Gasteiger partial charge in [0.05, 0.1) is 5.69 Å². The molecular formula is C13H13BrN2O3. The van der Waals surface area contributed by atoms with Crippen LogP contribution in [-0.4, -0.2) is 11.1 Å². The summed E-state index contributed by atoms with van der Waals surface area (Å²) in [5, 5.41) is 6.73. The molecule has 0 aromatic carbocycles. The number of aromatic nitrogens is 1. The molecule has 1 aliphatic carbocycles. The Balaban J connectivity index is 1.81. The van der Waals surface area contributed by atoms with Crippen LogP contribution in [0.25, 0.3) is 0 Å². The fourth-order valence-corrected chi connectivity index (χ4v) is 2.59. The first-order valence-electron chi connectivity index (χ1n) is 6.17. The summed E-state index contributed by atoms with van der Waals surface area (Å²) in [4.78, 5) is 12.0. The Morgan fingerprint density at radius 2 is 2.37 bits per heavy atom. The summed E-state index contributed by atoms with van der Waals surface area (Å²) in [6, 6.07) is 3.28. The van der Waals surface area contributed by atoms with Crippen molar-refractivity contribution in [1.29, 1.82) is 0 Å². The maximum atomic E-state index is 12.0. The third kappa shape index (κ3) is 2.45. The second kappa shape index (κ2) is 4.85. The molecule has 0 aliphatic heterocycles. The lowest BCUT2D eigenvalue weighted by atomic mass is 9.89. The van der Waals surface area contributed by atoms with Crippen molar-refractivity contribution < 1.29 is 13.7 Å². The molecule has 2 heterocycles. The topological polar surface area (TPSA) is 68.3 Å². The monoisotopic (exact) mass is 324 g/mol. The summed E-state index contributed by atoms with van der Waals surface area (Å²) in [6.45, 7) is 2.19. The van der Waals surface area contributed by atoms with E-state index in [2.05, 4.69) is 33.3 Å². The molecule has 0 saturated heterocycles. The van der Waals surface area contributed by atoms with E-state index in [1.165, 1.54) is 0 Å². The van der Waals surface area contributed by atoms with Crippen LogP contribution in [0.2, 0.25) is 0 Å². The van der Waals surface area contributed by atoms with Crippen LogP contribution in [0.15, 0.2) is 25.7 Å². The van der Waals surface area contributed by atoms with Crippen molar-refractivity contribution in [2.75, 3.05) is 5.32 Å². The molecule has 0 spiro atoms. The lowest BCUT2D eigenvalue weighted by molar-refractivity contribution is 0.0992. The highest BCUT2D eigenvalue weighted by molar-refractivity contribution is 9.10. The number of carbonyl (C=O) groups is 1. The molecule has 1 N–H and O–H groups in total. The highest BCUT2D eigenvalue weighted by Gasteiger charge is 2.25. The van der Waals surface area contributed by atoms with Crippen molar-refractivity contribution in [3.63, 3.8) is 0 Å². The molecule has 2 aromatic heterocycles. The van der Waals surface area contributed by atoms with E-state index in [9.17, 15) is 4.79 Å². The molecule has 1 aliphatic rings. The Hall–Kier alpha value is -1.56. The summed E-state index contributed by atoms with van der Waals surface area (Å²) < 4.78 is 11.0. The summed E-state index contributed by atoms with van der Waals surface area (Å²) >= 11 is 3.16. The van der Waals surface area contributed by atoms with Crippen molar-refractivity contribution in [1.82, 2.24) is 5.16 Å². The summed E-state index contributed by atoms with van der Waals surface area (Å²) in [5.74, 6) is 0.933. The Labute approximate surface area is 118 Å².